The molecule has 1 saturated carbocycles. The number of carbonyl (C=O) groups is 2. The summed E-state index contributed by atoms with van der Waals surface area (Å²) in [5.74, 6) is -3.69. The van der Waals surface area contributed by atoms with E-state index in [1.165, 1.54) is 0 Å². The summed E-state index contributed by atoms with van der Waals surface area (Å²) in [6.45, 7) is -0.565. The van der Waals surface area contributed by atoms with Gasteiger partial charge in [-0.1, -0.05) is 19.3 Å². The fourth-order valence-electron chi connectivity index (χ4n) is 3.97. The van der Waals surface area contributed by atoms with Crippen molar-refractivity contribution in [3.05, 3.63) is 35.4 Å². The molecule has 1 heterocycles. The van der Waals surface area contributed by atoms with Crippen LogP contribution in [0.3, 0.4) is 0 Å². The molecule has 1 atom stereocenters. The fraction of sp³-hybridized carbons (Fsp3) is 0.579. The van der Waals surface area contributed by atoms with Crippen molar-refractivity contribution in [3.8, 4) is 0 Å². The van der Waals surface area contributed by atoms with Gasteiger partial charge in [0.05, 0.1) is 17.1 Å². The smallest absolute Gasteiger partial charge is 0.338 e. The number of hydrogen-bond donors (Lipinski definition) is 0. The third-order valence-electron chi connectivity index (χ3n) is 5.34. The molecule has 0 aromatic heterocycles. The van der Waals surface area contributed by atoms with Gasteiger partial charge in [0, 0.05) is 12.1 Å². The van der Waals surface area contributed by atoms with E-state index in [1.807, 2.05) is 0 Å². The Morgan fingerprint density at radius 3 is 2.36 bits per heavy atom. The van der Waals surface area contributed by atoms with Crippen molar-refractivity contribution < 1.29 is 31.5 Å². The topological polar surface area (TPSA) is 80.8 Å². The summed E-state index contributed by atoms with van der Waals surface area (Å²) >= 11 is 0. The molecule has 3 rings (SSSR count). The minimum atomic E-state index is -3.17. The second kappa shape index (κ2) is 8.55. The van der Waals surface area contributed by atoms with Gasteiger partial charge in [0.15, 0.2) is 28.1 Å². The van der Waals surface area contributed by atoms with Crippen molar-refractivity contribution in [2.24, 2.45) is 0 Å². The Hall–Kier alpha value is -2.03. The summed E-state index contributed by atoms with van der Waals surface area (Å²) in [7, 11) is -3.17. The van der Waals surface area contributed by atoms with Gasteiger partial charge in [-0.3, -0.25) is 4.79 Å². The van der Waals surface area contributed by atoms with Gasteiger partial charge in [0.25, 0.3) is 5.91 Å². The first-order valence-corrected chi connectivity index (χ1v) is 11.2. The van der Waals surface area contributed by atoms with E-state index in [9.17, 15) is 26.8 Å². The van der Waals surface area contributed by atoms with Gasteiger partial charge in [-0.2, -0.15) is 0 Å². The highest BCUT2D eigenvalue weighted by Gasteiger charge is 2.38. The van der Waals surface area contributed by atoms with Gasteiger partial charge in [-0.15, -0.1) is 0 Å². The number of rotatable bonds is 5. The molecule has 6 nitrogen and oxygen atoms in total. The van der Waals surface area contributed by atoms with Crippen LogP contribution in [-0.2, 0) is 19.4 Å². The highest BCUT2D eigenvalue weighted by Crippen LogP contribution is 2.28. The molecule has 154 valence electrons. The van der Waals surface area contributed by atoms with Crippen LogP contribution in [0.15, 0.2) is 18.2 Å². The van der Waals surface area contributed by atoms with Gasteiger partial charge < -0.3 is 9.64 Å². The average molecular weight is 415 g/mol. The first-order valence-electron chi connectivity index (χ1n) is 9.40. The van der Waals surface area contributed by atoms with Crippen molar-refractivity contribution in [1.29, 1.82) is 0 Å². The molecule has 0 N–H and O–H groups in total. The molecule has 0 bridgehead atoms. The molecule has 2 aliphatic rings. The molecule has 2 fully saturated rings. The Morgan fingerprint density at radius 2 is 1.75 bits per heavy atom. The van der Waals surface area contributed by atoms with Crippen LogP contribution in [0, 0.1) is 11.6 Å². The summed E-state index contributed by atoms with van der Waals surface area (Å²) in [4.78, 5) is 26.5. The van der Waals surface area contributed by atoms with Crippen molar-refractivity contribution >= 4 is 21.7 Å². The zero-order chi connectivity index (χ0) is 20.3. The van der Waals surface area contributed by atoms with Crippen molar-refractivity contribution in [2.45, 2.75) is 50.6 Å². The number of nitrogens with zero attached hydrogens (tertiary/aromatic N) is 1. The van der Waals surface area contributed by atoms with E-state index in [2.05, 4.69) is 0 Å². The number of carbonyl (C=O) groups excluding carboxylic acids is 2. The third kappa shape index (κ3) is 4.87. The summed E-state index contributed by atoms with van der Waals surface area (Å²) < 4.78 is 55.0. The maximum absolute atomic E-state index is 13.3. The highest BCUT2D eigenvalue weighted by molar-refractivity contribution is 7.91. The summed E-state index contributed by atoms with van der Waals surface area (Å²) in [5, 5.41) is 0. The van der Waals surface area contributed by atoms with E-state index in [0.717, 1.165) is 44.2 Å². The molecule has 28 heavy (non-hydrogen) atoms. The Morgan fingerprint density at radius 1 is 1.04 bits per heavy atom. The van der Waals surface area contributed by atoms with E-state index >= 15 is 0 Å². The molecule has 1 saturated heterocycles. The minimum absolute atomic E-state index is 0.0445. The minimum Gasteiger partial charge on any atom is -0.452 e. The van der Waals surface area contributed by atoms with Crippen LogP contribution in [-0.4, -0.2) is 55.4 Å². The fourth-order valence-corrected chi connectivity index (χ4v) is 5.68. The zero-order valence-electron chi connectivity index (χ0n) is 15.4. The Kier molecular flexibility index (Phi) is 6.32. The SMILES string of the molecule is O=C(OCC(=O)N(C1CCCCC1)C1CCS(=O)(=O)C1)c1ccc(F)c(F)c1. The number of esters is 1. The van der Waals surface area contributed by atoms with Crippen LogP contribution >= 0.6 is 0 Å². The first-order chi connectivity index (χ1) is 13.3. The maximum Gasteiger partial charge on any atom is 0.338 e. The Balaban J connectivity index is 1.68. The van der Waals surface area contributed by atoms with E-state index in [0.29, 0.717) is 12.5 Å². The quantitative estimate of drug-likeness (QED) is 0.690. The molecule has 9 heteroatoms. The van der Waals surface area contributed by atoms with Crippen LogP contribution in [0.25, 0.3) is 0 Å². The lowest BCUT2D eigenvalue weighted by molar-refractivity contribution is -0.140. The summed E-state index contributed by atoms with van der Waals surface area (Å²) in [6.07, 6.45) is 4.96. The maximum atomic E-state index is 13.3. The number of amides is 1. The number of sulfone groups is 1. The van der Waals surface area contributed by atoms with Crippen LogP contribution in [0.2, 0.25) is 0 Å². The second-order valence-electron chi connectivity index (χ2n) is 7.35. The van der Waals surface area contributed by atoms with Crippen molar-refractivity contribution in [1.82, 2.24) is 4.90 Å². The lowest BCUT2D eigenvalue weighted by atomic mass is 9.93. The largest absolute Gasteiger partial charge is 0.452 e. The zero-order valence-corrected chi connectivity index (χ0v) is 16.2. The van der Waals surface area contributed by atoms with Crippen LogP contribution < -0.4 is 0 Å². The third-order valence-corrected chi connectivity index (χ3v) is 7.09. The molecule has 1 aromatic rings. The molecular formula is C19H23F2NO5S. The van der Waals surface area contributed by atoms with Crippen molar-refractivity contribution in [3.63, 3.8) is 0 Å². The number of halogens is 2. The summed E-state index contributed by atoms with van der Waals surface area (Å²) in [5.41, 5.74) is -0.195. The standard InChI is InChI=1S/C19H23F2NO5S/c20-16-7-6-13(10-17(16)21)19(24)27-11-18(23)22(14-4-2-1-3-5-14)15-8-9-28(25,26)12-15/h6-7,10,14-15H,1-5,8-9,11-12H2. The van der Waals surface area contributed by atoms with E-state index in [4.69, 9.17) is 4.74 Å². The van der Waals surface area contributed by atoms with Gasteiger partial charge in [0.2, 0.25) is 0 Å². The van der Waals surface area contributed by atoms with Crippen LogP contribution in [0.5, 0.6) is 0 Å². The van der Waals surface area contributed by atoms with Gasteiger partial charge >= 0.3 is 5.97 Å². The van der Waals surface area contributed by atoms with Gasteiger partial charge in [0.1, 0.15) is 0 Å². The van der Waals surface area contributed by atoms with Crippen LogP contribution in [0.4, 0.5) is 8.78 Å². The second-order valence-corrected chi connectivity index (χ2v) is 9.58. The number of hydrogen-bond acceptors (Lipinski definition) is 5. The van der Waals surface area contributed by atoms with Gasteiger partial charge in [-0.05, 0) is 37.5 Å². The number of ether oxygens (including phenoxy) is 1. The molecule has 1 unspecified atom stereocenters. The molecule has 1 aromatic carbocycles. The van der Waals surface area contributed by atoms with Crippen molar-refractivity contribution in [2.75, 3.05) is 18.1 Å². The van der Waals surface area contributed by atoms with Gasteiger partial charge in [-0.25, -0.2) is 22.0 Å². The van der Waals surface area contributed by atoms with E-state index in [1.54, 1.807) is 4.90 Å². The molecule has 0 spiro atoms. The molecular weight excluding hydrogens is 392 g/mol. The normalized spacial score (nSPS) is 22.0. The lowest BCUT2D eigenvalue weighted by Crippen LogP contribution is -2.50. The van der Waals surface area contributed by atoms with E-state index in [-0.39, 0.29) is 23.1 Å². The molecule has 1 aliphatic carbocycles. The summed E-state index contributed by atoms with van der Waals surface area (Å²) in [6, 6.07) is 2.12. The van der Waals surface area contributed by atoms with Crippen LogP contribution in [0.1, 0.15) is 48.9 Å². The Labute approximate surface area is 162 Å². The van der Waals surface area contributed by atoms with E-state index < -0.39 is 46.0 Å². The monoisotopic (exact) mass is 415 g/mol. The number of benzene rings is 1. The molecule has 1 amide bonds. The Bertz CT molecular complexity index is 852. The first kappa shape index (κ1) is 20.7. The average Bonchev–Trinajstić information content (AvgIpc) is 3.02. The highest BCUT2D eigenvalue weighted by atomic mass is 32.2. The predicted octanol–water partition coefficient (Wildman–Crippen LogP) is 2.47. The predicted molar refractivity (Wildman–Crippen MR) is 97.4 cm³/mol. The molecule has 1 aliphatic heterocycles. The molecule has 0 radical (unpaired) electrons. The lowest BCUT2D eigenvalue weighted by Gasteiger charge is -2.38.